The lowest BCUT2D eigenvalue weighted by Crippen LogP contribution is -2.20. The van der Waals surface area contributed by atoms with E-state index in [2.05, 4.69) is 67.3 Å². The van der Waals surface area contributed by atoms with Gasteiger partial charge >= 0.3 is 12.1 Å². The van der Waals surface area contributed by atoms with Gasteiger partial charge in [0, 0.05) is 53.7 Å². The average Bonchev–Trinajstić information content (AvgIpc) is 3.33. The summed E-state index contributed by atoms with van der Waals surface area (Å²) >= 11 is 0. The fraction of sp³-hybridized carbons (Fsp3) is 0.119. The highest BCUT2D eigenvalue weighted by molar-refractivity contribution is 5.79. The summed E-state index contributed by atoms with van der Waals surface area (Å²) in [6.07, 6.45) is 3.30. The molecule has 0 spiro atoms. The normalized spacial score (nSPS) is 11.1. The summed E-state index contributed by atoms with van der Waals surface area (Å²) in [4.78, 5) is 26.8. The fourth-order valence-corrected chi connectivity index (χ4v) is 7.68. The zero-order chi connectivity index (χ0) is 47.6. The number of carbonyl (C=O) groups excluding carboxylic acids is 2. The summed E-state index contributed by atoms with van der Waals surface area (Å²) in [5.74, 6) is 3.82. The second kappa shape index (κ2) is 20.7. The van der Waals surface area contributed by atoms with Crippen LogP contribution in [0.3, 0.4) is 0 Å². The molecule has 0 unspecified atom stereocenters. The number of hydrogen-bond acceptors (Lipinski definition) is 9. The standard InChI is InChI=1S/C59H51NO8/c1-40-34-45(28-32-56(40)64-42(3)61)59(4,5)46-29-33-57(41(2)35-46)68-58(62)67-55-23-13-22-54(39-55)66-52-20-11-17-49(37-52)60(47-30-26-44(27-31-47)25-24-43-14-8-7-9-15-43)48-16-10-19-51(36-48)65-53-21-12-18-50(38-53)63-6/h7-39H,1-6H3. The van der Waals surface area contributed by atoms with Crippen LogP contribution < -0.4 is 33.3 Å². The Balaban J connectivity index is 0.988. The highest BCUT2D eigenvalue weighted by atomic mass is 16.7. The van der Waals surface area contributed by atoms with Crippen molar-refractivity contribution in [3.8, 4) is 46.0 Å². The van der Waals surface area contributed by atoms with Gasteiger partial charge in [-0.25, -0.2) is 4.79 Å². The molecule has 0 N–H and O–H groups in total. The lowest BCUT2D eigenvalue weighted by molar-refractivity contribution is -0.131. The van der Waals surface area contributed by atoms with Gasteiger partial charge in [0.2, 0.25) is 0 Å². The first-order valence-electron chi connectivity index (χ1n) is 22.1. The van der Waals surface area contributed by atoms with Crippen LogP contribution in [-0.4, -0.2) is 19.2 Å². The van der Waals surface area contributed by atoms with Gasteiger partial charge in [0.1, 0.15) is 46.0 Å². The van der Waals surface area contributed by atoms with Gasteiger partial charge in [0.25, 0.3) is 0 Å². The van der Waals surface area contributed by atoms with E-state index < -0.39 is 11.6 Å². The van der Waals surface area contributed by atoms with E-state index in [9.17, 15) is 9.59 Å². The summed E-state index contributed by atoms with van der Waals surface area (Å²) in [5, 5.41) is 0. The van der Waals surface area contributed by atoms with E-state index >= 15 is 0 Å². The Morgan fingerprint density at radius 1 is 0.456 bits per heavy atom. The van der Waals surface area contributed by atoms with Crippen LogP contribution in [0.25, 0.3) is 12.2 Å². The molecule has 0 bridgehead atoms. The maximum Gasteiger partial charge on any atom is 0.519 e. The van der Waals surface area contributed by atoms with Gasteiger partial charge in [0.15, 0.2) is 0 Å². The second-order valence-corrected chi connectivity index (χ2v) is 16.7. The number of hydrogen-bond donors (Lipinski definition) is 0. The van der Waals surface area contributed by atoms with Crippen LogP contribution in [-0.2, 0) is 10.2 Å². The van der Waals surface area contributed by atoms with E-state index in [0.29, 0.717) is 40.2 Å². The molecule has 0 aromatic heterocycles. The first-order chi connectivity index (χ1) is 32.9. The molecule has 0 aliphatic rings. The Bertz CT molecular complexity index is 3090. The predicted molar refractivity (Wildman–Crippen MR) is 269 cm³/mol. The van der Waals surface area contributed by atoms with Crippen molar-refractivity contribution in [2.75, 3.05) is 12.0 Å². The molecule has 0 heterocycles. The quantitative estimate of drug-likeness (QED) is 0.0431. The Kier molecular flexibility index (Phi) is 14.0. The lowest BCUT2D eigenvalue weighted by Gasteiger charge is -2.27. The van der Waals surface area contributed by atoms with Gasteiger partial charge in [-0.05, 0) is 120 Å². The molecule has 9 nitrogen and oxygen atoms in total. The smallest absolute Gasteiger partial charge is 0.497 e. The number of esters is 1. The first kappa shape index (κ1) is 46.0. The molecule has 0 aliphatic carbocycles. The number of benzene rings is 8. The Labute approximate surface area is 397 Å². The van der Waals surface area contributed by atoms with Gasteiger partial charge in [0.05, 0.1) is 7.11 Å². The van der Waals surface area contributed by atoms with Crippen molar-refractivity contribution in [2.24, 2.45) is 0 Å². The van der Waals surface area contributed by atoms with Crippen molar-refractivity contribution in [1.82, 2.24) is 0 Å². The van der Waals surface area contributed by atoms with Crippen molar-refractivity contribution in [2.45, 2.75) is 40.0 Å². The molecule has 0 saturated heterocycles. The van der Waals surface area contributed by atoms with Gasteiger partial charge in [-0.1, -0.05) is 117 Å². The molecule has 0 saturated carbocycles. The first-order valence-corrected chi connectivity index (χ1v) is 22.1. The monoisotopic (exact) mass is 901 g/mol. The number of methoxy groups -OCH3 is 1. The fourth-order valence-electron chi connectivity index (χ4n) is 7.68. The highest BCUT2D eigenvalue weighted by Gasteiger charge is 2.25. The van der Waals surface area contributed by atoms with Crippen LogP contribution in [0.15, 0.2) is 188 Å². The van der Waals surface area contributed by atoms with E-state index in [1.165, 1.54) is 6.92 Å². The van der Waals surface area contributed by atoms with Crippen molar-refractivity contribution < 1.29 is 38.0 Å². The molecule has 0 atom stereocenters. The third-order valence-electron chi connectivity index (χ3n) is 11.3. The molecule has 0 fully saturated rings. The molecular formula is C59H51NO8. The average molecular weight is 902 g/mol. The van der Waals surface area contributed by atoms with Crippen molar-refractivity contribution >= 4 is 41.3 Å². The molecule has 0 amide bonds. The van der Waals surface area contributed by atoms with Crippen LogP contribution in [0, 0.1) is 13.8 Å². The topological polar surface area (TPSA) is 92.8 Å². The predicted octanol–water partition coefficient (Wildman–Crippen LogP) is 15.4. The van der Waals surface area contributed by atoms with Crippen molar-refractivity contribution in [3.63, 3.8) is 0 Å². The maximum atomic E-state index is 13.2. The van der Waals surface area contributed by atoms with Crippen molar-refractivity contribution in [3.05, 3.63) is 221 Å². The SMILES string of the molecule is COc1cccc(Oc2cccc(N(c3ccc(C=Cc4ccccc4)cc3)c3cccc(Oc4cccc(OC(=O)Oc5ccc(C(C)(C)c6ccc(OC(C)=O)c(C)c6)cc5C)c4)c3)c2)c1. The zero-order valence-electron chi connectivity index (χ0n) is 38.8. The summed E-state index contributed by atoms with van der Waals surface area (Å²) in [5.41, 5.74) is 8.08. The molecule has 68 heavy (non-hydrogen) atoms. The summed E-state index contributed by atoms with van der Waals surface area (Å²) in [6, 6.07) is 60.0. The second-order valence-electron chi connectivity index (χ2n) is 16.7. The number of nitrogens with zero attached hydrogens (tertiary/aromatic N) is 1. The van der Waals surface area contributed by atoms with E-state index in [-0.39, 0.29) is 11.7 Å². The van der Waals surface area contributed by atoms with Crippen LogP contribution in [0.1, 0.15) is 54.2 Å². The third kappa shape index (κ3) is 11.4. The molecule has 8 aromatic rings. The van der Waals surface area contributed by atoms with E-state index in [4.69, 9.17) is 28.4 Å². The van der Waals surface area contributed by atoms with E-state index in [1.54, 1.807) is 37.4 Å². The zero-order valence-corrected chi connectivity index (χ0v) is 38.8. The van der Waals surface area contributed by atoms with Gasteiger partial charge in [-0.15, -0.1) is 0 Å². The largest absolute Gasteiger partial charge is 0.519 e. The Morgan fingerprint density at radius 2 is 0.926 bits per heavy atom. The van der Waals surface area contributed by atoms with E-state index in [1.807, 2.05) is 135 Å². The summed E-state index contributed by atoms with van der Waals surface area (Å²) in [6.45, 7) is 9.41. The Morgan fingerprint density at radius 3 is 1.46 bits per heavy atom. The lowest BCUT2D eigenvalue weighted by atomic mass is 9.77. The molecule has 9 heteroatoms. The molecule has 8 aromatic carbocycles. The number of carbonyl (C=O) groups is 2. The third-order valence-corrected chi connectivity index (χ3v) is 11.3. The molecular weight excluding hydrogens is 851 g/mol. The number of anilines is 3. The minimum atomic E-state index is -0.884. The maximum absolute atomic E-state index is 13.2. The highest BCUT2D eigenvalue weighted by Crippen LogP contribution is 2.40. The Hall–Kier alpha value is -8.56. The number of rotatable bonds is 15. The summed E-state index contributed by atoms with van der Waals surface area (Å²) < 4.78 is 34.8. The van der Waals surface area contributed by atoms with Crippen LogP contribution >= 0.6 is 0 Å². The molecule has 0 radical (unpaired) electrons. The molecule has 340 valence electrons. The van der Waals surface area contributed by atoms with Crippen molar-refractivity contribution in [1.29, 1.82) is 0 Å². The minimum absolute atomic E-state index is 0.252. The summed E-state index contributed by atoms with van der Waals surface area (Å²) in [7, 11) is 1.63. The van der Waals surface area contributed by atoms with Crippen LogP contribution in [0.2, 0.25) is 0 Å². The van der Waals surface area contributed by atoms with E-state index in [0.717, 1.165) is 50.4 Å². The van der Waals surface area contributed by atoms with Gasteiger partial charge < -0.3 is 33.3 Å². The van der Waals surface area contributed by atoms with Crippen LogP contribution in [0.4, 0.5) is 21.9 Å². The van der Waals surface area contributed by atoms with Gasteiger partial charge in [-0.3, -0.25) is 4.79 Å². The molecule has 0 aliphatic heterocycles. The minimum Gasteiger partial charge on any atom is -0.497 e. The van der Waals surface area contributed by atoms with Crippen LogP contribution in [0.5, 0.6) is 46.0 Å². The van der Waals surface area contributed by atoms with Gasteiger partial charge in [-0.2, -0.15) is 0 Å². The number of ether oxygens (including phenoxy) is 6. The molecule has 8 rings (SSSR count). The number of aryl methyl sites for hydroxylation is 2.